The van der Waals surface area contributed by atoms with Gasteiger partial charge in [-0.3, -0.25) is 14.9 Å². The highest BCUT2D eigenvalue weighted by atomic mass is 32.1. The van der Waals surface area contributed by atoms with Crippen molar-refractivity contribution in [1.82, 2.24) is 4.98 Å². The summed E-state index contributed by atoms with van der Waals surface area (Å²) in [4.78, 5) is 28.0. The lowest BCUT2D eigenvalue weighted by atomic mass is 10.0. The second-order valence-electron chi connectivity index (χ2n) is 5.76. The lowest BCUT2D eigenvalue weighted by Gasteiger charge is -2.06. The van der Waals surface area contributed by atoms with Crippen molar-refractivity contribution < 1.29 is 18.7 Å². The first kappa shape index (κ1) is 18.7. The minimum atomic E-state index is -0.306. The normalized spacial score (nSPS) is 10.4. The Bertz CT molecular complexity index is 954. The average Bonchev–Trinajstić information content (AvgIpc) is 3.14. The Kier molecular flexibility index (Phi) is 5.93. The molecule has 0 spiro atoms. The quantitative estimate of drug-likeness (QED) is 0.643. The minimum absolute atomic E-state index is 0.243. The second kappa shape index (κ2) is 8.55. The molecule has 1 N–H and O–H groups in total. The van der Waals surface area contributed by atoms with E-state index in [9.17, 15) is 14.0 Å². The number of anilines is 1. The van der Waals surface area contributed by atoms with Crippen molar-refractivity contribution in [2.45, 2.75) is 12.8 Å². The third-order valence-electron chi connectivity index (χ3n) is 3.89. The fraction of sp³-hybridized carbons (Fsp3) is 0.150. The van der Waals surface area contributed by atoms with Crippen LogP contribution in [0.2, 0.25) is 0 Å². The predicted molar refractivity (Wildman–Crippen MR) is 102 cm³/mol. The first-order chi connectivity index (χ1) is 13.0. The van der Waals surface area contributed by atoms with E-state index in [1.54, 1.807) is 35.7 Å². The molecule has 0 aliphatic rings. The standard InChI is InChI=1S/C20H17FN2O3S/c1-26-18(24)10-9-17-12-27-20(22-17)23-19(25)15-4-2-3-14(11-15)13-5-7-16(21)8-6-13/h2-8,11-12H,9-10H2,1H3,(H,22,23,25). The lowest BCUT2D eigenvalue weighted by Crippen LogP contribution is -2.11. The number of hydrogen-bond donors (Lipinski definition) is 1. The monoisotopic (exact) mass is 384 g/mol. The Labute approximate surface area is 159 Å². The van der Waals surface area contributed by atoms with E-state index in [-0.39, 0.29) is 24.1 Å². The molecule has 0 saturated carbocycles. The first-order valence-corrected chi connectivity index (χ1v) is 9.11. The van der Waals surface area contributed by atoms with Gasteiger partial charge in [0.15, 0.2) is 5.13 Å². The van der Waals surface area contributed by atoms with Gasteiger partial charge in [0.05, 0.1) is 19.2 Å². The number of carbonyl (C=O) groups is 2. The van der Waals surface area contributed by atoms with Crippen LogP contribution in [0.1, 0.15) is 22.5 Å². The number of ether oxygens (including phenoxy) is 1. The number of aromatic nitrogens is 1. The third-order valence-corrected chi connectivity index (χ3v) is 4.69. The highest BCUT2D eigenvalue weighted by Gasteiger charge is 2.11. The number of methoxy groups -OCH3 is 1. The van der Waals surface area contributed by atoms with Gasteiger partial charge in [0.1, 0.15) is 5.82 Å². The van der Waals surface area contributed by atoms with E-state index in [1.807, 2.05) is 6.07 Å². The van der Waals surface area contributed by atoms with Crippen LogP contribution >= 0.6 is 11.3 Å². The van der Waals surface area contributed by atoms with Crippen LogP contribution in [-0.4, -0.2) is 24.0 Å². The summed E-state index contributed by atoms with van der Waals surface area (Å²) in [5, 5.41) is 5.02. The van der Waals surface area contributed by atoms with Crippen molar-refractivity contribution in [3.8, 4) is 11.1 Å². The number of nitrogens with one attached hydrogen (secondary N) is 1. The van der Waals surface area contributed by atoms with Gasteiger partial charge >= 0.3 is 5.97 Å². The van der Waals surface area contributed by atoms with E-state index >= 15 is 0 Å². The first-order valence-electron chi connectivity index (χ1n) is 8.24. The maximum atomic E-state index is 13.1. The largest absolute Gasteiger partial charge is 0.469 e. The number of esters is 1. The van der Waals surface area contributed by atoms with Crippen LogP contribution in [0.5, 0.6) is 0 Å². The number of rotatable bonds is 6. The van der Waals surface area contributed by atoms with Crippen molar-refractivity contribution in [2.75, 3.05) is 12.4 Å². The third kappa shape index (κ3) is 4.98. The zero-order valence-electron chi connectivity index (χ0n) is 14.6. The van der Waals surface area contributed by atoms with Gasteiger partial charge in [0.2, 0.25) is 0 Å². The fourth-order valence-electron chi connectivity index (χ4n) is 2.46. The lowest BCUT2D eigenvalue weighted by molar-refractivity contribution is -0.140. The molecule has 7 heteroatoms. The summed E-state index contributed by atoms with van der Waals surface area (Å²) < 4.78 is 17.7. The van der Waals surface area contributed by atoms with Gasteiger partial charge in [-0.05, 0) is 35.4 Å². The molecule has 0 aliphatic carbocycles. The van der Waals surface area contributed by atoms with E-state index in [4.69, 9.17) is 0 Å². The molecule has 27 heavy (non-hydrogen) atoms. The number of hydrogen-bond acceptors (Lipinski definition) is 5. The zero-order valence-corrected chi connectivity index (χ0v) is 15.4. The van der Waals surface area contributed by atoms with E-state index in [0.717, 1.165) is 16.8 Å². The van der Waals surface area contributed by atoms with E-state index in [0.29, 0.717) is 17.1 Å². The Balaban J connectivity index is 1.68. The molecule has 3 aromatic rings. The molecule has 0 radical (unpaired) electrons. The topological polar surface area (TPSA) is 68.3 Å². The van der Waals surface area contributed by atoms with Crippen molar-refractivity contribution in [1.29, 1.82) is 0 Å². The van der Waals surface area contributed by atoms with E-state index in [1.165, 1.54) is 30.6 Å². The number of carbonyl (C=O) groups excluding carboxylic acids is 2. The van der Waals surface area contributed by atoms with Crippen molar-refractivity contribution in [3.05, 3.63) is 71.0 Å². The number of amides is 1. The Morgan fingerprint density at radius 1 is 1.15 bits per heavy atom. The summed E-state index contributed by atoms with van der Waals surface area (Å²) in [6.07, 6.45) is 0.701. The summed E-state index contributed by atoms with van der Waals surface area (Å²) in [7, 11) is 1.34. The molecule has 1 amide bonds. The molecule has 2 aromatic carbocycles. The van der Waals surface area contributed by atoms with Crippen LogP contribution in [0.4, 0.5) is 9.52 Å². The van der Waals surface area contributed by atoms with Crippen LogP contribution in [0.3, 0.4) is 0 Å². The highest BCUT2D eigenvalue weighted by Crippen LogP contribution is 2.22. The van der Waals surface area contributed by atoms with Crippen LogP contribution in [-0.2, 0) is 16.0 Å². The minimum Gasteiger partial charge on any atom is -0.469 e. The SMILES string of the molecule is COC(=O)CCc1csc(NC(=O)c2cccc(-c3ccc(F)cc3)c2)n1. The van der Waals surface area contributed by atoms with Gasteiger partial charge in [-0.2, -0.15) is 0 Å². The molecular formula is C20H17FN2O3S. The summed E-state index contributed by atoms with van der Waals surface area (Å²) in [6, 6.07) is 13.2. The molecule has 0 atom stereocenters. The summed E-state index contributed by atoms with van der Waals surface area (Å²) in [5.41, 5.74) is 2.84. The fourth-order valence-corrected chi connectivity index (χ4v) is 3.20. The zero-order chi connectivity index (χ0) is 19.2. The summed E-state index contributed by atoms with van der Waals surface area (Å²) in [5.74, 6) is -0.890. The van der Waals surface area contributed by atoms with Crippen molar-refractivity contribution in [3.63, 3.8) is 0 Å². The molecular weight excluding hydrogens is 367 g/mol. The van der Waals surface area contributed by atoms with E-state index in [2.05, 4.69) is 15.0 Å². The van der Waals surface area contributed by atoms with Crippen LogP contribution in [0.25, 0.3) is 11.1 Å². The summed E-state index contributed by atoms with van der Waals surface area (Å²) >= 11 is 1.30. The molecule has 0 saturated heterocycles. The van der Waals surface area contributed by atoms with Crippen molar-refractivity contribution >= 4 is 28.3 Å². The van der Waals surface area contributed by atoms with E-state index < -0.39 is 0 Å². The van der Waals surface area contributed by atoms with Gasteiger partial charge in [-0.25, -0.2) is 9.37 Å². The Morgan fingerprint density at radius 2 is 1.93 bits per heavy atom. The molecule has 5 nitrogen and oxygen atoms in total. The van der Waals surface area contributed by atoms with Gasteiger partial charge in [0.25, 0.3) is 5.91 Å². The molecule has 1 heterocycles. The number of halogens is 1. The molecule has 3 rings (SSSR count). The smallest absolute Gasteiger partial charge is 0.305 e. The van der Waals surface area contributed by atoms with Crippen LogP contribution in [0.15, 0.2) is 53.9 Å². The number of thiazole rings is 1. The maximum Gasteiger partial charge on any atom is 0.305 e. The van der Waals surface area contributed by atoms with Crippen LogP contribution in [0, 0.1) is 5.82 Å². The number of nitrogens with zero attached hydrogens (tertiary/aromatic N) is 1. The van der Waals surface area contributed by atoms with Crippen molar-refractivity contribution in [2.24, 2.45) is 0 Å². The van der Waals surface area contributed by atoms with Gasteiger partial charge in [-0.1, -0.05) is 24.3 Å². The van der Waals surface area contributed by atoms with Gasteiger partial charge in [0, 0.05) is 17.4 Å². The summed E-state index contributed by atoms with van der Waals surface area (Å²) in [6.45, 7) is 0. The Hall–Kier alpha value is -3.06. The molecule has 1 aromatic heterocycles. The molecule has 0 unspecified atom stereocenters. The number of aryl methyl sites for hydroxylation is 1. The predicted octanol–water partition coefficient (Wildman–Crippen LogP) is 4.31. The number of benzene rings is 2. The van der Waals surface area contributed by atoms with Crippen LogP contribution < -0.4 is 5.32 Å². The van der Waals surface area contributed by atoms with Gasteiger partial charge in [-0.15, -0.1) is 11.3 Å². The molecule has 0 fully saturated rings. The highest BCUT2D eigenvalue weighted by molar-refractivity contribution is 7.14. The molecule has 0 aliphatic heterocycles. The average molecular weight is 384 g/mol. The molecule has 0 bridgehead atoms. The van der Waals surface area contributed by atoms with Gasteiger partial charge < -0.3 is 4.74 Å². The maximum absolute atomic E-state index is 13.1. The Morgan fingerprint density at radius 3 is 2.67 bits per heavy atom. The molecule has 138 valence electrons. The second-order valence-corrected chi connectivity index (χ2v) is 6.62.